The van der Waals surface area contributed by atoms with Gasteiger partial charge in [-0.05, 0) is 34.1 Å². The normalized spacial score (nSPS) is 10.3. The zero-order valence-electron chi connectivity index (χ0n) is 10.6. The molecule has 5 nitrogen and oxygen atoms in total. The van der Waals surface area contributed by atoms with Crippen molar-refractivity contribution in [1.82, 2.24) is 5.32 Å². The molecule has 1 aromatic carbocycles. The molecule has 0 aliphatic carbocycles. The topological polar surface area (TPSA) is 71.7 Å². The second-order valence-electron chi connectivity index (χ2n) is 3.97. The van der Waals surface area contributed by atoms with E-state index in [1.165, 1.54) is 0 Å². The predicted octanol–water partition coefficient (Wildman–Crippen LogP) is 2.34. The van der Waals surface area contributed by atoms with Gasteiger partial charge in [0.2, 0.25) is 0 Å². The Bertz CT molecular complexity index is 582. The number of aliphatic hydroxyl groups excluding tert-OH is 1. The number of nitrogens with one attached hydrogen (secondary N) is 1. The van der Waals surface area contributed by atoms with Gasteiger partial charge >= 0.3 is 0 Å². The Balaban J connectivity index is 1.98. The SMILES string of the molecule is O=C(NCc1ccccc1OCCO)c1ccc(Br)o1. The van der Waals surface area contributed by atoms with Crippen molar-refractivity contribution in [2.45, 2.75) is 6.54 Å². The van der Waals surface area contributed by atoms with Crippen molar-refractivity contribution < 1.29 is 19.1 Å². The van der Waals surface area contributed by atoms with Gasteiger partial charge in [0.15, 0.2) is 10.4 Å². The molecule has 0 radical (unpaired) electrons. The molecular weight excluding hydrogens is 326 g/mol. The highest BCUT2D eigenvalue weighted by molar-refractivity contribution is 9.10. The quantitative estimate of drug-likeness (QED) is 0.847. The van der Waals surface area contributed by atoms with Crippen molar-refractivity contribution in [1.29, 1.82) is 0 Å². The lowest BCUT2D eigenvalue weighted by Gasteiger charge is -2.10. The van der Waals surface area contributed by atoms with Crippen molar-refractivity contribution in [3.63, 3.8) is 0 Å². The third-order valence-electron chi connectivity index (χ3n) is 2.56. The van der Waals surface area contributed by atoms with Crippen molar-refractivity contribution in [3.05, 3.63) is 52.4 Å². The molecule has 1 aromatic heterocycles. The van der Waals surface area contributed by atoms with E-state index in [-0.39, 0.29) is 24.9 Å². The number of hydrogen-bond acceptors (Lipinski definition) is 4. The lowest BCUT2D eigenvalue weighted by Crippen LogP contribution is -2.22. The predicted molar refractivity (Wildman–Crippen MR) is 76.6 cm³/mol. The minimum atomic E-state index is -0.298. The Morgan fingerprint density at radius 3 is 2.80 bits per heavy atom. The second kappa shape index (κ2) is 7.12. The van der Waals surface area contributed by atoms with Crippen LogP contribution in [0.5, 0.6) is 5.75 Å². The van der Waals surface area contributed by atoms with Crippen molar-refractivity contribution in [2.24, 2.45) is 0 Å². The maximum absolute atomic E-state index is 11.9. The second-order valence-corrected chi connectivity index (χ2v) is 4.75. The molecule has 0 saturated carbocycles. The summed E-state index contributed by atoms with van der Waals surface area (Å²) in [6.45, 7) is 0.482. The van der Waals surface area contributed by atoms with Gasteiger partial charge in [0.05, 0.1) is 6.61 Å². The van der Waals surface area contributed by atoms with Gasteiger partial charge in [-0.25, -0.2) is 0 Å². The zero-order chi connectivity index (χ0) is 14.4. The summed E-state index contributed by atoms with van der Waals surface area (Å²) in [5.74, 6) is 0.584. The molecule has 0 bridgehead atoms. The zero-order valence-corrected chi connectivity index (χ0v) is 12.2. The molecule has 106 valence electrons. The third kappa shape index (κ3) is 3.85. The van der Waals surface area contributed by atoms with Gasteiger partial charge in [0.1, 0.15) is 12.4 Å². The molecule has 0 atom stereocenters. The average Bonchev–Trinajstić information content (AvgIpc) is 2.90. The van der Waals surface area contributed by atoms with E-state index in [0.29, 0.717) is 17.0 Å². The van der Waals surface area contributed by atoms with Crippen LogP contribution in [0, 0.1) is 0 Å². The van der Waals surface area contributed by atoms with E-state index in [2.05, 4.69) is 21.2 Å². The number of carbonyl (C=O) groups excluding carboxylic acids is 1. The first kappa shape index (κ1) is 14.6. The Morgan fingerprint density at radius 1 is 1.30 bits per heavy atom. The van der Waals surface area contributed by atoms with Gasteiger partial charge in [0, 0.05) is 12.1 Å². The molecule has 2 N–H and O–H groups in total. The Kier molecular flexibility index (Phi) is 5.20. The minimum absolute atomic E-state index is 0.0544. The van der Waals surface area contributed by atoms with Crippen LogP contribution in [0.15, 0.2) is 45.5 Å². The summed E-state index contributed by atoms with van der Waals surface area (Å²) in [4.78, 5) is 11.9. The van der Waals surface area contributed by atoms with Crippen molar-refractivity contribution >= 4 is 21.8 Å². The molecule has 1 heterocycles. The Labute approximate surface area is 124 Å². The molecule has 20 heavy (non-hydrogen) atoms. The van der Waals surface area contributed by atoms with E-state index in [4.69, 9.17) is 14.3 Å². The highest BCUT2D eigenvalue weighted by Gasteiger charge is 2.11. The van der Waals surface area contributed by atoms with Crippen LogP contribution < -0.4 is 10.1 Å². The van der Waals surface area contributed by atoms with Gasteiger partial charge < -0.3 is 19.6 Å². The lowest BCUT2D eigenvalue weighted by molar-refractivity contribution is 0.0921. The van der Waals surface area contributed by atoms with Crippen molar-refractivity contribution in [3.8, 4) is 5.75 Å². The van der Waals surface area contributed by atoms with E-state index in [1.807, 2.05) is 18.2 Å². The van der Waals surface area contributed by atoms with Crippen LogP contribution in [0.3, 0.4) is 0 Å². The molecule has 6 heteroatoms. The first-order chi connectivity index (χ1) is 9.70. The van der Waals surface area contributed by atoms with Crippen molar-refractivity contribution in [2.75, 3.05) is 13.2 Å². The van der Waals surface area contributed by atoms with Crippen LogP contribution in [-0.4, -0.2) is 24.2 Å². The molecule has 2 rings (SSSR count). The number of hydrogen-bond donors (Lipinski definition) is 2. The number of ether oxygens (including phenoxy) is 1. The molecule has 0 fully saturated rings. The number of aliphatic hydroxyl groups is 1. The van der Waals surface area contributed by atoms with E-state index < -0.39 is 0 Å². The summed E-state index contributed by atoms with van der Waals surface area (Å²) in [6.07, 6.45) is 0. The number of benzene rings is 1. The van der Waals surface area contributed by atoms with E-state index in [9.17, 15) is 4.79 Å². The fourth-order valence-corrected chi connectivity index (χ4v) is 1.95. The van der Waals surface area contributed by atoms with E-state index >= 15 is 0 Å². The number of amides is 1. The summed E-state index contributed by atoms with van der Waals surface area (Å²) < 4.78 is 11.1. The summed E-state index contributed by atoms with van der Waals surface area (Å²) in [5, 5.41) is 11.5. The summed E-state index contributed by atoms with van der Waals surface area (Å²) in [7, 11) is 0. The molecule has 0 saturated heterocycles. The van der Waals surface area contributed by atoms with Gasteiger partial charge in [0.25, 0.3) is 5.91 Å². The first-order valence-corrected chi connectivity index (χ1v) is 6.85. The summed E-state index contributed by atoms with van der Waals surface area (Å²) in [6, 6.07) is 10.6. The van der Waals surface area contributed by atoms with Crippen LogP contribution in [0.1, 0.15) is 16.1 Å². The molecule has 0 spiro atoms. The largest absolute Gasteiger partial charge is 0.491 e. The average molecular weight is 340 g/mol. The molecule has 2 aromatic rings. The smallest absolute Gasteiger partial charge is 0.287 e. The van der Waals surface area contributed by atoms with Gasteiger partial charge in [-0.1, -0.05) is 18.2 Å². The number of furan rings is 1. The Morgan fingerprint density at radius 2 is 2.10 bits per heavy atom. The molecule has 1 amide bonds. The monoisotopic (exact) mass is 339 g/mol. The van der Waals surface area contributed by atoms with Crippen LogP contribution in [0.4, 0.5) is 0 Å². The fourth-order valence-electron chi connectivity index (χ4n) is 1.65. The maximum Gasteiger partial charge on any atom is 0.287 e. The molecular formula is C14H14BrNO4. The standard InChI is InChI=1S/C14H14BrNO4/c15-13-6-5-12(20-13)14(18)16-9-10-3-1-2-4-11(10)19-8-7-17/h1-6,17H,7-9H2,(H,16,18). The summed E-state index contributed by atoms with van der Waals surface area (Å²) >= 11 is 3.15. The van der Waals surface area contributed by atoms with Gasteiger partial charge in [-0.15, -0.1) is 0 Å². The summed E-state index contributed by atoms with van der Waals surface area (Å²) in [5.41, 5.74) is 0.833. The van der Waals surface area contributed by atoms with Crippen LogP contribution >= 0.6 is 15.9 Å². The minimum Gasteiger partial charge on any atom is -0.491 e. The van der Waals surface area contributed by atoms with Gasteiger partial charge in [-0.2, -0.15) is 0 Å². The highest BCUT2D eigenvalue weighted by Crippen LogP contribution is 2.18. The van der Waals surface area contributed by atoms with Crippen LogP contribution in [0.25, 0.3) is 0 Å². The molecule has 0 aliphatic heterocycles. The fraction of sp³-hybridized carbons (Fsp3) is 0.214. The number of carbonyl (C=O) groups is 1. The van der Waals surface area contributed by atoms with E-state index in [1.54, 1.807) is 18.2 Å². The third-order valence-corrected chi connectivity index (χ3v) is 2.98. The maximum atomic E-state index is 11.9. The first-order valence-electron chi connectivity index (χ1n) is 6.06. The van der Waals surface area contributed by atoms with Crippen LogP contribution in [0.2, 0.25) is 0 Å². The Hall–Kier alpha value is -1.79. The molecule has 0 unspecified atom stereocenters. The number of rotatable bonds is 6. The number of para-hydroxylation sites is 1. The van der Waals surface area contributed by atoms with Gasteiger partial charge in [-0.3, -0.25) is 4.79 Å². The molecule has 0 aliphatic rings. The lowest BCUT2D eigenvalue weighted by atomic mass is 10.2. The number of halogens is 1. The highest BCUT2D eigenvalue weighted by atomic mass is 79.9. The van der Waals surface area contributed by atoms with Crippen LogP contribution in [-0.2, 0) is 6.54 Å². The van der Waals surface area contributed by atoms with E-state index in [0.717, 1.165) is 5.56 Å².